The van der Waals surface area contributed by atoms with Crippen molar-refractivity contribution >= 4 is 35.7 Å². The number of nitrogens with zero attached hydrogens (tertiary/aromatic N) is 1. The number of nitrogens with one attached hydrogen (secondary N) is 1. The number of ether oxygens (including phenoxy) is 3. The number of anilines is 1. The minimum absolute atomic E-state index is 0.0303. The number of hydrogen-bond acceptors (Lipinski definition) is 9. The fourth-order valence-corrected chi connectivity index (χ4v) is 3.26. The van der Waals surface area contributed by atoms with Gasteiger partial charge in [-0.2, -0.15) is 0 Å². The number of carboxylic acids is 1. The molecule has 0 fully saturated rings. The number of hydrogen-bond donors (Lipinski definition) is 3. The molecule has 12 nitrogen and oxygen atoms in total. The molecule has 12 heteroatoms. The van der Waals surface area contributed by atoms with Gasteiger partial charge in [0.15, 0.2) is 0 Å². The van der Waals surface area contributed by atoms with Crippen molar-refractivity contribution in [2.75, 3.05) is 51.5 Å². The molecule has 0 saturated heterocycles. The molecule has 186 valence electrons. The molecule has 1 aliphatic heterocycles. The number of imide groups is 1. The highest BCUT2D eigenvalue weighted by molar-refractivity contribution is 6.24. The third kappa shape index (κ3) is 7.90. The number of carbonyl (C=O) groups excluding carboxylic acids is 4. The molecule has 0 bridgehead atoms. The number of primary amides is 1. The van der Waals surface area contributed by atoms with Gasteiger partial charge in [0.25, 0.3) is 11.8 Å². The van der Waals surface area contributed by atoms with Crippen molar-refractivity contribution < 1.29 is 43.3 Å². The van der Waals surface area contributed by atoms with Gasteiger partial charge in [-0.1, -0.05) is 6.07 Å². The molecule has 4 N–H and O–H groups in total. The summed E-state index contributed by atoms with van der Waals surface area (Å²) in [6, 6.07) is 3.72. The number of carbonyl (C=O) groups is 5. The molecule has 1 heterocycles. The highest BCUT2D eigenvalue weighted by atomic mass is 16.5. The summed E-state index contributed by atoms with van der Waals surface area (Å²) < 4.78 is 15.9. The summed E-state index contributed by atoms with van der Waals surface area (Å²) >= 11 is 0. The molecule has 1 aromatic rings. The van der Waals surface area contributed by atoms with Crippen LogP contribution in [0.25, 0.3) is 0 Å². The second kappa shape index (κ2) is 14.0. The summed E-state index contributed by atoms with van der Waals surface area (Å²) in [7, 11) is 0. The van der Waals surface area contributed by atoms with Crippen molar-refractivity contribution in [3.8, 4) is 0 Å². The third-order valence-corrected chi connectivity index (χ3v) is 4.89. The van der Waals surface area contributed by atoms with Crippen molar-refractivity contribution in [2.24, 2.45) is 5.73 Å². The SMILES string of the molecule is NC(=O)CCC(C=O)N1C(=O)c2cccc(NCCOCCOCCOCCC(=O)O)c2C1=O. The van der Waals surface area contributed by atoms with E-state index >= 15 is 0 Å². The van der Waals surface area contributed by atoms with Crippen molar-refractivity contribution in [2.45, 2.75) is 25.3 Å². The first-order valence-electron chi connectivity index (χ1n) is 10.8. The molecule has 0 radical (unpaired) electrons. The zero-order valence-corrected chi connectivity index (χ0v) is 18.7. The molecule has 0 spiro atoms. The summed E-state index contributed by atoms with van der Waals surface area (Å²) in [5.41, 5.74) is 5.91. The van der Waals surface area contributed by atoms with Crippen LogP contribution in [0, 0.1) is 0 Å². The van der Waals surface area contributed by atoms with E-state index in [1.807, 2.05) is 0 Å². The predicted molar refractivity (Wildman–Crippen MR) is 118 cm³/mol. The second-order valence-electron chi connectivity index (χ2n) is 7.32. The molecule has 1 aromatic carbocycles. The van der Waals surface area contributed by atoms with Crippen molar-refractivity contribution in [1.82, 2.24) is 4.90 Å². The molecular formula is C22H29N3O9. The summed E-state index contributed by atoms with van der Waals surface area (Å²) in [4.78, 5) is 59.4. The lowest BCUT2D eigenvalue weighted by Crippen LogP contribution is -2.41. The van der Waals surface area contributed by atoms with Gasteiger partial charge >= 0.3 is 5.97 Å². The van der Waals surface area contributed by atoms with Gasteiger partial charge in [-0.25, -0.2) is 0 Å². The average Bonchev–Trinajstić information content (AvgIpc) is 3.05. The first kappa shape index (κ1) is 26.9. The highest BCUT2D eigenvalue weighted by Crippen LogP contribution is 2.31. The van der Waals surface area contributed by atoms with Crippen LogP contribution in [0.4, 0.5) is 5.69 Å². The van der Waals surface area contributed by atoms with Crippen LogP contribution in [-0.4, -0.2) is 92.2 Å². The van der Waals surface area contributed by atoms with Crippen LogP contribution in [0.5, 0.6) is 0 Å². The number of amides is 3. The normalized spacial score (nSPS) is 13.6. The summed E-state index contributed by atoms with van der Waals surface area (Å²) in [5, 5.41) is 11.5. The lowest BCUT2D eigenvalue weighted by Gasteiger charge is -2.20. The number of benzene rings is 1. The van der Waals surface area contributed by atoms with E-state index in [2.05, 4.69) is 5.32 Å². The lowest BCUT2D eigenvalue weighted by molar-refractivity contribution is -0.138. The fraction of sp³-hybridized carbons (Fsp3) is 0.500. The monoisotopic (exact) mass is 479 g/mol. The molecule has 1 aliphatic rings. The lowest BCUT2D eigenvalue weighted by atomic mass is 10.1. The van der Waals surface area contributed by atoms with E-state index in [9.17, 15) is 24.0 Å². The fourth-order valence-electron chi connectivity index (χ4n) is 3.26. The van der Waals surface area contributed by atoms with Crippen LogP contribution >= 0.6 is 0 Å². The molecule has 1 unspecified atom stereocenters. The minimum Gasteiger partial charge on any atom is -0.481 e. The molecule has 34 heavy (non-hydrogen) atoms. The largest absolute Gasteiger partial charge is 0.481 e. The predicted octanol–water partition coefficient (Wildman–Crippen LogP) is 0.0520. The highest BCUT2D eigenvalue weighted by Gasteiger charge is 2.41. The Morgan fingerprint density at radius 1 is 1.00 bits per heavy atom. The maximum atomic E-state index is 12.9. The molecule has 0 aromatic heterocycles. The molecular weight excluding hydrogens is 450 g/mol. The van der Waals surface area contributed by atoms with E-state index in [-0.39, 0.29) is 37.0 Å². The van der Waals surface area contributed by atoms with Crippen molar-refractivity contribution in [3.05, 3.63) is 29.3 Å². The van der Waals surface area contributed by atoms with Gasteiger partial charge < -0.3 is 35.2 Å². The quantitative estimate of drug-likeness (QED) is 0.148. The van der Waals surface area contributed by atoms with Crippen LogP contribution in [0.15, 0.2) is 18.2 Å². The molecule has 1 atom stereocenters. The van der Waals surface area contributed by atoms with E-state index < -0.39 is 29.7 Å². The maximum absolute atomic E-state index is 12.9. The van der Waals surface area contributed by atoms with E-state index in [0.29, 0.717) is 51.6 Å². The Morgan fingerprint density at radius 2 is 1.65 bits per heavy atom. The molecule has 2 rings (SSSR count). The standard InChI is InChI=1S/C22H29N3O9/c23-18(27)5-4-15(14-26)25-21(30)16-2-1-3-17(20(16)22(25)31)24-7-9-33-11-13-34-12-10-32-8-6-19(28)29/h1-3,14-15,24H,4-13H2,(H2,23,27)(H,28,29). The zero-order chi connectivity index (χ0) is 24.9. The summed E-state index contributed by atoms with van der Waals surface area (Å²) in [6.45, 7) is 2.09. The first-order valence-corrected chi connectivity index (χ1v) is 10.8. The van der Waals surface area contributed by atoms with Crippen LogP contribution in [0.1, 0.15) is 40.0 Å². The van der Waals surface area contributed by atoms with Gasteiger partial charge in [0.2, 0.25) is 5.91 Å². The topological polar surface area (TPSA) is 175 Å². The van der Waals surface area contributed by atoms with Gasteiger partial charge in [0.05, 0.1) is 63.2 Å². The van der Waals surface area contributed by atoms with E-state index in [0.717, 1.165) is 4.90 Å². The van der Waals surface area contributed by atoms with Crippen LogP contribution in [-0.2, 0) is 28.6 Å². The Labute approximate surface area is 196 Å². The third-order valence-electron chi connectivity index (χ3n) is 4.89. The average molecular weight is 479 g/mol. The molecule has 0 aliphatic carbocycles. The molecule has 0 saturated carbocycles. The Hall–Kier alpha value is -3.35. The second-order valence-corrected chi connectivity index (χ2v) is 7.32. The number of fused-ring (bicyclic) bond motifs is 1. The number of nitrogens with two attached hydrogens (primary N) is 1. The van der Waals surface area contributed by atoms with Crippen LogP contribution in [0.2, 0.25) is 0 Å². The van der Waals surface area contributed by atoms with Gasteiger partial charge in [-0.05, 0) is 18.6 Å². The summed E-state index contributed by atoms with van der Waals surface area (Å²) in [6.07, 6.45) is 0.263. The van der Waals surface area contributed by atoms with E-state index in [4.69, 9.17) is 25.1 Å². The summed E-state index contributed by atoms with van der Waals surface area (Å²) in [5.74, 6) is -2.74. The van der Waals surface area contributed by atoms with Crippen LogP contribution in [0.3, 0.4) is 0 Å². The Kier molecular flexibility index (Phi) is 11.1. The maximum Gasteiger partial charge on any atom is 0.305 e. The molecule has 3 amide bonds. The Bertz CT molecular complexity index is 890. The van der Waals surface area contributed by atoms with Crippen LogP contribution < -0.4 is 11.1 Å². The van der Waals surface area contributed by atoms with Gasteiger partial charge in [0, 0.05) is 18.7 Å². The first-order chi connectivity index (χ1) is 16.4. The van der Waals surface area contributed by atoms with Gasteiger partial charge in [0.1, 0.15) is 6.29 Å². The minimum atomic E-state index is -1.07. The number of aliphatic carboxylic acids is 1. The Balaban J connectivity index is 1.75. The smallest absolute Gasteiger partial charge is 0.305 e. The van der Waals surface area contributed by atoms with Gasteiger partial charge in [-0.3, -0.25) is 24.1 Å². The van der Waals surface area contributed by atoms with E-state index in [1.165, 1.54) is 6.07 Å². The van der Waals surface area contributed by atoms with Gasteiger partial charge in [-0.15, -0.1) is 0 Å². The number of aldehydes is 1. The van der Waals surface area contributed by atoms with Crippen molar-refractivity contribution in [1.29, 1.82) is 0 Å². The number of carboxylic acid groups (broad SMARTS) is 1. The van der Waals surface area contributed by atoms with E-state index in [1.54, 1.807) is 12.1 Å². The van der Waals surface area contributed by atoms with Crippen molar-refractivity contribution in [3.63, 3.8) is 0 Å². The Morgan fingerprint density at radius 3 is 2.26 bits per heavy atom. The zero-order valence-electron chi connectivity index (χ0n) is 18.7. The number of rotatable bonds is 18.